The number of amides is 1. The van der Waals surface area contributed by atoms with Crippen LogP contribution in [0.3, 0.4) is 0 Å². The second kappa shape index (κ2) is 5.99. The number of hydrogen-bond donors (Lipinski definition) is 1. The molecule has 0 aliphatic carbocycles. The normalized spacial score (nSPS) is 12.2. The number of aromatic nitrogens is 2. The van der Waals surface area contributed by atoms with Gasteiger partial charge in [0.1, 0.15) is 11.4 Å². The molecular weight excluding hydrogens is 266 g/mol. The maximum absolute atomic E-state index is 12.6. The summed E-state index contributed by atoms with van der Waals surface area (Å²) in [5, 5.41) is 14.2. The van der Waals surface area contributed by atoms with E-state index in [1.807, 2.05) is 32.0 Å². The van der Waals surface area contributed by atoms with Crippen molar-refractivity contribution in [2.75, 3.05) is 7.05 Å². The summed E-state index contributed by atoms with van der Waals surface area (Å²) in [4.78, 5) is 14.2. The second-order valence-corrected chi connectivity index (χ2v) is 5.15. The lowest BCUT2D eigenvalue weighted by molar-refractivity contribution is 0.0730. The van der Waals surface area contributed by atoms with Gasteiger partial charge in [-0.15, -0.1) is 0 Å². The van der Waals surface area contributed by atoms with E-state index in [9.17, 15) is 9.90 Å². The number of carbonyl (C=O) groups is 1. The number of rotatable bonds is 4. The van der Waals surface area contributed by atoms with Crippen molar-refractivity contribution in [3.05, 3.63) is 47.3 Å². The van der Waals surface area contributed by atoms with E-state index < -0.39 is 0 Å². The van der Waals surface area contributed by atoms with Crippen LogP contribution in [0.15, 0.2) is 30.3 Å². The van der Waals surface area contributed by atoms with E-state index in [4.69, 9.17) is 0 Å². The van der Waals surface area contributed by atoms with Crippen molar-refractivity contribution in [2.24, 2.45) is 7.05 Å². The molecule has 0 radical (unpaired) electrons. The standard InChI is InChI=1S/C16H21N3O2/c1-5-12-10-14(19(4)17-12)16(21)18(3)11(2)13-8-6-7-9-15(13)20/h6-11,20H,5H2,1-4H3. The van der Waals surface area contributed by atoms with Crippen LogP contribution in [0.5, 0.6) is 5.75 Å². The summed E-state index contributed by atoms with van der Waals surface area (Å²) in [7, 11) is 3.50. The van der Waals surface area contributed by atoms with Gasteiger partial charge in [-0.2, -0.15) is 5.10 Å². The summed E-state index contributed by atoms with van der Waals surface area (Å²) in [6, 6.07) is 8.66. The van der Waals surface area contributed by atoms with Crippen molar-refractivity contribution < 1.29 is 9.90 Å². The number of hydrogen-bond acceptors (Lipinski definition) is 3. The maximum atomic E-state index is 12.6. The minimum Gasteiger partial charge on any atom is -0.508 e. The van der Waals surface area contributed by atoms with E-state index in [1.54, 1.807) is 35.8 Å². The first kappa shape index (κ1) is 15.1. The largest absolute Gasteiger partial charge is 0.508 e. The van der Waals surface area contributed by atoms with Crippen LogP contribution in [0.25, 0.3) is 0 Å². The first-order valence-corrected chi connectivity index (χ1v) is 7.03. The maximum Gasteiger partial charge on any atom is 0.272 e. The van der Waals surface area contributed by atoms with Crippen LogP contribution >= 0.6 is 0 Å². The molecule has 5 nitrogen and oxygen atoms in total. The minimum absolute atomic E-state index is 0.111. The molecule has 0 saturated carbocycles. The van der Waals surface area contributed by atoms with Gasteiger partial charge in [0, 0.05) is 19.7 Å². The molecule has 0 aliphatic heterocycles. The summed E-state index contributed by atoms with van der Waals surface area (Å²) >= 11 is 0. The Bertz CT molecular complexity index is 649. The molecule has 0 saturated heterocycles. The number of aryl methyl sites for hydroxylation is 2. The van der Waals surface area contributed by atoms with E-state index in [0.29, 0.717) is 5.69 Å². The zero-order chi connectivity index (χ0) is 15.6. The van der Waals surface area contributed by atoms with Gasteiger partial charge in [0.2, 0.25) is 0 Å². The Labute approximate surface area is 124 Å². The summed E-state index contributed by atoms with van der Waals surface area (Å²) in [6.07, 6.45) is 0.792. The van der Waals surface area contributed by atoms with Crippen LogP contribution < -0.4 is 0 Å². The third-order valence-corrected chi connectivity index (χ3v) is 3.80. The zero-order valence-corrected chi connectivity index (χ0v) is 12.9. The van der Waals surface area contributed by atoms with Gasteiger partial charge in [-0.05, 0) is 25.5 Å². The van der Waals surface area contributed by atoms with Crippen LogP contribution in [-0.4, -0.2) is 32.7 Å². The number of carbonyl (C=O) groups excluding carboxylic acids is 1. The van der Waals surface area contributed by atoms with Gasteiger partial charge in [-0.25, -0.2) is 0 Å². The van der Waals surface area contributed by atoms with E-state index in [0.717, 1.165) is 17.7 Å². The number of phenolic OH excluding ortho intramolecular Hbond substituents is 1. The number of para-hydroxylation sites is 1. The van der Waals surface area contributed by atoms with Gasteiger partial charge in [0.25, 0.3) is 5.91 Å². The highest BCUT2D eigenvalue weighted by Crippen LogP contribution is 2.28. The molecule has 1 amide bonds. The molecule has 112 valence electrons. The second-order valence-electron chi connectivity index (χ2n) is 5.15. The average Bonchev–Trinajstić information content (AvgIpc) is 2.86. The zero-order valence-electron chi connectivity index (χ0n) is 12.9. The predicted octanol–water partition coefficient (Wildman–Crippen LogP) is 2.52. The summed E-state index contributed by atoms with van der Waals surface area (Å²) < 4.78 is 1.61. The number of nitrogens with zero attached hydrogens (tertiary/aromatic N) is 3. The number of benzene rings is 1. The van der Waals surface area contributed by atoms with E-state index >= 15 is 0 Å². The van der Waals surface area contributed by atoms with Crippen LogP contribution in [0, 0.1) is 0 Å². The molecule has 0 bridgehead atoms. The van der Waals surface area contributed by atoms with Crippen molar-refractivity contribution in [3.63, 3.8) is 0 Å². The van der Waals surface area contributed by atoms with Gasteiger partial charge in [-0.1, -0.05) is 25.1 Å². The number of aromatic hydroxyl groups is 1. The highest BCUT2D eigenvalue weighted by Gasteiger charge is 2.23. The molecule has 5 heteroatoms. The molecule has 1 N–H and O–H groups in total. The van der Waals surface area contributed by atoms with Crippen LogP contribution in [0.4, 0.5) is 0 Å². The van der Waals surface area contributed by atoms with Crippen LogP contribution in [0.1, 0.15) is 41.6 Å². The molecule has 1 atom stereocenters. The highest BCUT2D eigenvalue weighted by atomic mass is 16.3. The molecule has 0 fully saturated rings. The van der Waals surface area contributed by atoms with Crippen molar-refractivity contribution >= 4 is 5.91 Å². The first-order valence-electron chi connectivity index (χ1n) is 7.03. The van der Waals surface area contributed by atoms with Gasteiger partial charge < -0.3 is 10.0 Å². The van der Waals surface area contributed by atoms with Crippen molar-refractivity contribution in [3.8, 4) is 5.75 Å². The van der Waals surface area contributed by atoms with Crippen molar-refractivity contribution in [1.82, 2.24) is 14.7 Å². The first-order chi connectivity index (χ1) is 9.95. The lowest BCUT2D eigenvalue weighted by Gasteiger charge is -2.25. The highest BCUT2D eigenvalue weighted by molar-refractivity contribution is 5.92. The van der Waals surface area contributed by atoms with Crippen molar-refractivity contribution in [1.29, 1.82) is 0 Å². The molecule has 21 heavy (non-hydrogen) atoms. The number of phenols is 1. The molecule has 0 spiro atoms. The Morgan fingerprint density at radius 2 is 2.10 bits per heavy atom. The van der Waals surface area contributed by atoms with Gasteiger partial charge in [0.05, 0.1) is 11.7 Å². The fourth-order valence-corrected chi connectivity index (χ4v) is 2.31. The molecule has 1 aromatic carbocycles. The SMILES string of the molecule is CCc1cc(C(=O)N(C)C(C)c2ccccc2O)n(C)n1. The monoisotopic (exact) mass is 287 g/mol. The van der Waals surface area contributed by atoms with E-state index in [-0.39, 0.29) is 17.7 Å². The van der Waals surface area contributed by atoms with Crippen LogP contribution in [0.2, 0.25) is 0 Å². The molecule has 2 rings (SSSR count). The summed E-state index contributed by atoms with van der Waals surface area (Å²) in [5.41, 5.74) is 2.17. The molecule has 2 aromatic rings. The minimum atomic E-state index is -0.223. The van der Waals surface area contributed by atoms with Gasteiger partial charge >= 0.3 is 0 Å². The van der Waals surface area contributed by atoms with Crippen molar-refractivity contribution in [2.45, 2.75) is 26.3 Å². The lowest BCUT2D eigenvalue weighted by atomic mass is 10.1. The Morgan fingerprint density at radius 1 is 1.43 bits per heavy atom. The predicted molar refractivity (Wildman–Crippen MR) is 81.2 cm³/mol. The van der Waals surface area contributed by atoms with Gasteiger partial charge in [0.15, 0.2) is 0 Å². The summed E-state index contributed by atoms with van der Waals surface area (Å²) in [5.74, 6) is 0.0874. The Morgan fingerprint density at radius 3 is 2.67 bits per heavy atom. The quantitative estimate of drug-likeness (QED) is 0.940. The lowest BCUT2D eigenvalue weighted by Crippen LogP contribution is -2.31. The summed E-state index contributed by atoms with van der Waals surface area (Å²) in [6.45, 7) is 3.90. The molecule has 1 heterocycles. The molecule has 0 aliphatic rings. The average molecular weight is 287 g/mol. The third-order valence-electron chi connectivity index (χ3n) is 3.80. The Kier molecular flexibility index (Phi) is 4.31. The van der Waals surface area contributed by atoms with E-state index in [1.165, 1.54) is 0 Å². The third kappa shape index (κ3) is 2.91. The fraction of sp³-hybridized carbons (Fsp3) is 0.375. The fourth-order valence-electron chi connectivity index (χ4n) is 2.31. The Hall–Kier alpha value is -2.30. The van der Waals surface area contributed by atoms with Gasteiger partial charge in [-0.3, -0.25) is 9.48 Å². The topological polar surface area (TPSA) is 58.4 Å². The van der Waals surface area contributed by atoms with Crippen LogP contribution in [-0.2, 0) is 13.5 Å². The Balaban J connectivity index is 2.26. The molecular formula is C16H21N3O2. The van der Waals surface area contributed by atoms with E-state index in [2.05, 4.69) is 5.10 Å². The molecule has 1 unspecified atom stereocenters. The smallest absolute Gasteiger partial charge is 0.272 e. The molecule has 1 aromatic heterocycles.